The van der Waals surface area contributed by atoms with Gasteiger partial charge in [-0.2, -0.15) is 5.26 Å². The number of aryl methyl sites for hydroxylation is 1. The Morgan fingerprint density at radius 1 is 1.00 bits per heavy atom. The third-order valence-electron chi connectivity index (χ3n) is 5.45. The van der Waals surface area contributed by atoms with Gasteiger partial charge >= 0.3 is 0 Å². The highest BCUT2D eigenvalue weighted by molar-refractivity contribution is 5.46. The highest BCUT2D eigenvalue weighted by Crippen LogP contribution is 2.36. The smallest absolute Gasteiger partial charge is 0.142 e. The van der Waals surface area contributed by atoms with Crippen molar-refractivity contribution in [3.8, 4) is 17.9 Å². The van der Waals surface area contributed by atoms with Gasteiger partial charge in [0.2, 0.25) is 0 Å². The summed E-state index contributed by atoms with van der Waals surface area (Å²) in [5, 5.41) is 8.74. The molecule has 0 unspecified atom stereocenters. The van der Waals surface area contributed by atoms with Crippen LogP contribution in [0.4, 0.5) is 13.2 Å². The second-order valence-corrected chi connectivity index (χ2v) is 7.77. The van der Waals surface area contributed by atoms with Gasteiger partial charge in [0.05, 0.1) is 11.1 Å². The van der Waals surface area contributed by atoms with Crippen LogP contribution in [0.3, 0.4) is 0 Å². The Labute approximate surface area is 164 Å². The Morgan fingerprint density at radius 3 is 2.32 bits per heavy atom. The summed E-state index contributed by atoms with van der Waals surface area (Å²) in [4.78, 5) is 0. The van der Waals surface area contributed by atoms with Crippen LogP contribution < -0.4 is 0 Å². The van der Waals surface area contributed by atoms with Gasteiger partial charge in [0.25, 0.3) is 0 Å². The van der Waals surface area contributed by atoms with E-state index in [1.54, 1.807) is 19.1 Å². The Kier molecular flexibility index (Phi) is 6.10. The number of hydrogen-bond acceptors (Lipinski definition) is 1. The Hall–Kier alpha value is -2.72. The van der Waals surface area contributed by atoms with Crippen LogP contribution in [0.15, 0.2) is 36.4 Å². The molecule has 1 nitrogen and oxygen atoms in total. The SMILES string of the molecule is CC1(F)CCC(CCc2ccc(C#Cc3ccc(C#N)c(F)c3)c(F)c2)CC1. The number of nitriles is 1. The molecule has 1 saturated carbocycles. The van der Waals surface area contributed by atoms with Gasteiger partial charge in [0.15, 0.2) is 0 Å². The monoisotopic (exact) mass is 381 g/mol. The zero-order valence-corrected chi connectivity index (χ0v) is 15.9. The summed E-state index contributed by atoms with van der Waals surface area (Å²) in [5.41, 5.74) is 0.466. The van der Waals surface area contributed by atoms with E-state index >= 15 is 0 Å². The van der Waals surface area contributed by atoms with Crippen LogP contribution in [-0.2, 0) is 6.42 Å². The molecule has 0 bridgehead atoms. The molecule has 1 fully saturated rings. The first-order chi connectivity index (χ1) is 13.4. The van der Waals surface area contributed by atoms with E-state index in [0.29, 0.717) is 24.3 Å². The summed E-state index contributed by atoms with van der Waals surface area (Å²) >= 11 is 0. The molecular weight excluding hydrogens is 359 g/mol. The van der Waals surface area contributed by atoms with Gasteiger partial charge in [-0.05, 0) is 87.3 Å². The van der Waals surface area contributed by atoms with Gasteiger partial charge < -0.3 is 0 Å². The lowest BCUT2D eigenvalue weighted by molar-refractivity contribution is 0.101. The first-order valence-electron chi connectivity index (χ1n) is 9.55. The van der Waals surface area contributed by atoms with Crippen LogP contribution >= 0.6 is 0 Å². The molecule has 0 aromatic heterocycles. The fourth-order valence-corrected chi connectivity index (χ4v) is 3.58. The second-order valence-electron chi connectivity index (χ2n) is 7.77. The van der Waals surface area contributed by atoms with Crippen LogP contribution in [-0.4, -0.2) is 5.67 Å². The molecule has 3 rings (SSSR count). The lowest BCUT2D eigenvalue weighted by Gasteiger charge is -2.31. The third-order valence-corrected chi connectivity index (χ3v) is 5.45. The molecule has 0 radical (unpaired) electrons. The normalized spacial score (nSPS) is 21.5. The molecule has 0 spiro atoms. The number of hydrogen-bond donors (Lipinski definition) is 0. The summed E-state index contributed by atoms with van der Waals surface area (Å²) in [6, 6.07) is 10.8. The number of halogens is 3. The highest BCUT2D eigenvalue weighted by atomic mass is 19.1. The van der Waals surface area contributed by atoms with E-state index < -0.39 is 17.3 Å². The van der Waals surface area contributed by atoms with E-state index in [9.17, 15) is 13.2 Å². The van der Waals surface area contributed by atoms with Crippen molar-refractivity contribution in [3.05, 3.63) is 70.3 Å². The van der Waals surface area contributed by atoms with Crippen molar-refractivity contribution in [1.29, 1.82) is 5.26 Å². The molecule has 1 aliphatic rings. The average Bonchev–Trinajstić information content (AvgIpc) is 2.66. The van der Waals surface area contributed by atoms with Gasteiger partial charge in [-0.25, -0.2) is 13.2 Å². The molecule has 0 saturated heterocycles. The molecule has 144 valence electrons. The fourth-order valence-electron chi connectivity index (χ4n) is 3.58. The third kappa shape index (κ3) is 5.17. The first-order valence-corrected chi connectivity index (χ1v) is 9.55. The number of alkyl halides is 1. The van der Waals surface area contributed by atoms with Crippen molar-refractivity contribution in [2.45, 2.75) is 51.1 Å². The highest BCUT2D eigenvalue weighted by Gasteiger charge is 2.30. The Balaban J connectivity index is 1.62. The van der Waals surface area contributed by atoms with Crippen LogP contribution in [0.1, 0.15) is 61.3 Å². The van der Waals surface area contributed by atoms with Crippen LogP contribution in [0.5, 0.6) is 0 Å². The largest absolute Gasteiger partial charge is 0.244 e. The van der Waals surface area contributed by atoms with Crippen molar-refractivity contribution < 1.29 is 13.2 Å². The number of benzene rings is 2. The van der Waals surface area contributed by atoms with Gasteiger partial charge in [-0.1, -0.05) is 17.9 Å². The predicted molar refractivity (Wildman–Crippen MR) is 103 cm³/mol. The van der Waals surface area contributed by atoms with E-state index in [1.165, 1.54) is 24.3 Å². The van der Waals surface area contributed by atoms with Crippen molar-refractivity contribution in [1.82, 2.24) is 0 Å². The van der Waals surface area contributed by atoms with Gasteiger partial charge in [0.1, 0.15) is 23.4 Å². The lowest BCUT2D eigenvalue weighted by atomic mass is 9.79. The van der Waals surface area contributed by atoms with Crippen LogP contribution in [0, 0.1) is 40.7 Å². The maximum Gasteiger partial charge on any atom is 0.142 e. The fraction of sp³-hybridized carbons (Fsp3) is 0.375. The zero-order chi connectivity index (χ0) is 20.1. The molecule has 2 aromatic rings. The second kappa shape index (κ2) is 8.53. The maximum absolute atomic E-state index is 14.3. The summed E-state index contributed by atoms with van der Waals surface area (Å²) in [7, 11) is 0. The van der Waals surface area contributed by atoms with E-state index in [1.807, 2.05) is 6.07 Å². The molecule has 1 aliphatic carbocycles. The molecule has 0 atom stereocenters. The minimum Gasteiger partial charge on any atom is -0.244 e. The predicted octanol–water partition coefficient (Wildman–Crippen LogP) is 6.09. The summed E-state index contributed by atoms with van der Waals surface area (Å²) in [5.74, 6) is 4.91. The molecule has 0 aliphatic heterocycles. The quantitative estimate of drug-likeness (QED) is 0.591. The maximum atomic E-state index is 14.3. The van der Waals surface area contributed by atoms with E-state index in [-0.39, 0.29) is 11.1 Å². The van der Waals surface area contributed by atoms with Crippen LogP contribution in [0.25, 0.3) is 0 Å². The van der Waals surface area contributed by atoms with Crippen molar-refractivity contribution in [2.24, 2.45) is 5.92 Å². The number of nitrogens with zero attached hydrogens (tertiary/aromatic N) is 1. The van der Waals surface area contributed by atoms with Gasteiger partial charge in [0, 0.05) is 5.56 Å². The Bertz CT molecular complexity index is 950. The van der Waals surface area contributed by atoms with E-state index in [0.717, 1.165) is 31.2 Å². The molecule has 0 heterocycles. The molecule has 0 N–H and O–H groups in total. The molecular formula is C24H22F3N. The van der Waals surface area contributed by atoms with Crippen LogP contribution in [0.2, 0.25) is 0 Å². The Morgan fingerprint density at radius 2 is 1.68 bits per heavy atom. The van der Waals surface area contributed by atoms with Gasteiger partial charge in [-0.3, -0.25) is 0 Å². The van der Waals surface area contributed by atoms with E-state index in [4.69, 9.17) is 5.26 Å². The summed E-state index contributed by atoms with van der Waals surface area (Å²) in [6.45, 7) is 1.67. The first kappa shape index (κ1) is 20.0. The van der Waals surface area contributed by atoms with Crippen molar-refractivity contribution >= 4 is 0 Å². The topological polar surface area (TPSA) is 23.8 Å². The summed E-state index contributed by atoms with van der Waals surface area (Å²) < 4.78 is 41.8. The minimum absolute atomic E-state index is 0.0461. The molecule has 0 amide bonds. The zero-order valence-electron chi connectivity index (χ0n) is 15.9. The minimum atomic E-state index is -1.03. The standard InChI is InChI=1S/C24H22F3N/c1-24(27)12-10-17(11-13-24)2-3-18-4-7-20(22(25)14-18)8-5-19-6-9-21(16-28)23(26)15-19/h4,6-7,9,14-15,17H,2-3,10-13H2,1H3. The molecule has 2 aromatic carbocycles. The summed E-state index contributed by atoms with van der Waals surface area (Å²) in [6.07, 6.45) is 4.69. The number of rotatable bonds is 3. The molecule has 28 heavy (non-hydrogen) atoms. The lowest BCUT2D eigenvalue weighted by Crippen LogP contribution is -2.26. The van der Waals surface area contributed by atoms with Crippen molar-refractivity contribution in [3.63, 3.8) is 0 Å². The van der Waals surface area contributed by atoms with E-state index in [2.05, 4.69) is 11.8 Å². The van der Waals surface area contributed by atoms with Crippen molar-refractivity contribution in [2.75, 3.05) is 0 Å². The molecule has 4 heteroatoms. The average molecular weight is 381 g/mol. The van der Waals surface area contributed by atoms with Gasteiger partial charge in [-0.15, -0.1) is 0 Å².